The maximum absolute atomic E-state index is 12.5. The highest BCUT2D eigenvalue weighted by atomic mass is 16.2. The molecule has 6 nitrogen and oxygen atoms in total. The van der Waals surface area contributed by atoms with Gasteiger partial charge in [0, 0.05) is 51.5 Å². The zero-order valence-electron chi connectivity index (χ0n) is 13.5. The summed E-state index contributed by atoms with van der Waals surface area (Å²) in [4.78, 5) is 31.5. The molecule has 0 saturated carbocycles. The third-order valence-electron chi connectivity index (χ3n) is 3.71. The lowest BCUT2D eigenvalue weighted by Crippen LogP contribution is -2.50. The van der Waals surface area contributed by atoms with Gasteiger partial charge in [0.15, 0.2) is 0 Å². The normalized spacial score (nSPS) is 15.1. The minimum absolute atomic E-state index is 0.0603. The third kappa shape index (κ3) is 4.19. The highest BCUT2D eigenvalue weighted by Gasteiger charge is 2.24. The van der Waals surface area contributed by atoms with Crippen LogP contribution in [0.25, 0.3) is 0 Å². The number of pyridine rings is 1. The fraction of sp³-hybridized carbons (Fsp3) is 0.562. The molecule has 1 aliphatic rings. The Labute approximate surface area is 131 Å². The molecule has 1 aromatic rings. The third-order valence-corrected chi connectivity index (χ3v) is 3.71. The number of anilines is 1. The van der Waals surface area contributed by atoms with Crippen molar-refractivity contribution >= 4 is 17.5 Å². The number of nitrogens with zero attached hydrogens (tertiary/aromatic N) is 3. The zero-order valence-corrected chi connectivity index (χ0v) is 13.5. The molecule has 22 heavy (non-hydrogen) atoms. The summed E-state index contributed by atoms with van der Waals surface area (Å²) in [5.41, 5.74) is 1.36. The lowest BCUT2D eigenvalue weighted by atomic mass is 10.2. The van der Waals surface area contributed by atoms with Crippen LogP contribution >= 0.6 is 0 Å². The van der Waals surface area contributed by atoms with E-state index in [2.05, 4.69) is 24.1 Å². The molecule has 0 aliphatic carbocycles. The molecule has 6 heteroatoms. The number of nitrogens with one attached hydrogen (secondary N) is 1. The van der Waals surface area contributed by atoms with Gasteiger partial charge in [-0.15, -0.1) is 0 Å². The minimum Gasteiger partial charge on any atom is -0.385 e. The Morgan fingerprint density at radius 1 is 1.23 bits per heavy atom. The number of piperazine rings is 1. The molecule has 1 aromatic heterocycles. The minimum atomic E-state index is -0.0728. The molecule has 0 bridgehead atoms. The average molecular weight is 304 g/mol. The van der Waals surface area contributed by atoms with Crippen molar-refractivity contribution < 1.29 is 9.59 Å². The van der Waals surface area contributed by atoms with Gasteiger partial charge in [-0.3, -0.25) is 14.6 Å². The van der Waals surface area contributed by atoms with Crippen LogP contribution in [0.4, 0.5) is 5.69 Å². The van der Waals surface area contributed by atoms with Crippen molar-refractivity contribution in [1.29, 1.82) is 0 Å². The predicted molar refractivity (Wildman–Crippen MR) is 85.7 cm³/mol. The molecule has 1 N–H and O–H groups in total. The molecule has 2 heterocycles. The first-order valence-corrected chi connectivity index (χ1v) is 7.72. The van der Waals surface area contributed by atoms with Crippen LogP contribution in [0.1, 0.15) is 31.3 Å². The molecular weight excluding hydrogens is 280 g/mol. The average Bonchev–Trinajstić information content (AvgIpc) is 2.52. The van der Waals surface area contributed by atoms with Crippen molar-refractivity contribution in [2.24, 2.45) is 5.92 Å². The highest BCUT2D eigenvalue weighted by Crippen LogP contribution is 2.12. The summed E-state index contributed by atoms with van der Waals surface area (Å²) in [7, 11) is 0. The largest absolute Gasteiger partial charge is 0.385 e. The van der Waals surface area contributed by atoms with Crippen molar-refractivity contribution in [3.8, 4) is 0 Å². The van der Waals surface area contributed by atoms with Gasteiger partial charge < -0.3 is 15.1 Å². The first-order valence-electron chi connectivity index (χ1n) is 7.72. The van der Waals surface area contributed by atoms with Crippen molar-refractivity contribution in [1.82, 2.24) is 14.8 Å². The number of aromatic nitrogens is 1. The van der Waals surface area contributed by atoms with Crippen LogP contribution in [-0.2, 0) is 4.79 Å². The maximum atomic E-state index is 12.5. The molecule has 0 atom stereocenters. The summed E-state index contributed by atoms with van der Waals surface area (Å²) in [5.74, 6) is 0.522. The second-order valence-corrected chi connectivity index (χ2v) is 6.00. The Balaban J connectivity index is 1.98. The fourth-order valence-electron chi connectivity index (χ4n) is 2.37. The molecule has 0 aromatic carbocycles. The molecule has 1 fully saturated rings. The van der Waals surface area contributed by atoms with Crippen molar-refractivity contribution in [3.63, 3.8) is 0 Å². The summed E-state index contributed by atoms with van der Waals surface area (Å²) >= 11 is 0. The van der Waals surface area contributed by atoms with Crippen molar-refractivity contribution in [2.75, 3.05) is 38.0 Å². The predicted octanol–water partition coefficient (Wildman–Crippen LogP) is 1.45. The van der Waals surface area contributed by atoms with Crippen LogP contribution in [0, 0.1) is 5.92 Å². The van der Waals surface area contributed by atoms with Gasteiger partial charge in [-0.2, -0.15) is 0 Å². The first-order chi connectivity index (χ1) is 10.5. The molecule has 120 valence electrons. The Morgan fingerprint density at radius 3 is 2.45 bits per heavy atom. The van der Waals surface area contributed by atoms with Crippen molar-refractivity contribution in [2.45, 2.75) is 20.8 Å². The number of hydrogen-bond acceptors (Lipinski definition) is 4. The molecule has 2 rings (SSSR count). The summed E-state index contributed by atoms with van der Waals surface area (Å²) < 4.78 is 0. The number of amides is 2. The molecule has 1 saturated heterocycles. The standard InChI is InChI=1S/C16H24N4O2/c1-12(2)11-18-14-4-5-17-15(10-14)16(22)20-8-6-19(7-9-20)13(3)21/h4-5,10,12H,6-9,11H2,1-3H3,(H,17,18). The van der Waals surface area contributed by atoms with Crippen LogP contribution in [0.2, 0.25) is 0 Å². The number of carbonyl (C=O) groups is 2. The van der Waals surface area contributed by atoms with Gasteiger partial charge in [0.25, 0.3) is 5.91 Å². The quantitative estimate of drug-likeness (QED) is 0.914. The van der Waals surface area contributed by atoms with E-state index in [0.717, 1.165) is 12.2 Å². The van der Waals surface area contributed by atoms with E-state index in [1.165, 1.54) is 0 Å². The van der Waals surface area contributed by atoms with E-state index < -0.39 is 0 Å². The van der Waals surface area contributed by atoms with Gasteiger partial charge in [-0.1, -0.05) is 13.8 Å². The van der Waals surface area contributed by atoms with Crippen LogP contribution < -0.4 is 5.32 Å². The monoisotopic (exact) mass is 304 g/mol. The summed E-state index contributed by atoms with van der Waals surface area (Å²) in [5, 5.41) is 3.30. The summed E-state index contributed by atoms with van der Waals surface area (Å²) in [6.07, 6.45) is 1.65. The lowest BCUT2D eigenvalue weighted by molar-refractivity contribution is -0.130. The van der Waals surface area contributed by atoms with E-state index in [9.17, 15) is 9.59 Å². The Bertz CT molecular complexity index is 537. The summed E-state index contributed by atoms with van der Waals surface area (Å²) in [6.45, 7) is 8.98. The molecule has 0 unspecified atom stereocenters. The van der Waals surface area contributed by atoms with Crippen molar-refractivity contribution in [3.05, 3.63) is 24.0 Å². The van der Waals surface area contributed by atoms with Crippen LogP contribution in [-0.4, -0.2) is 59.3 Å². The highest BCUT2D eigenvalue weighted by molar-refractivity contribution is 5.93. The number of hydrogen-bond donors (Lipinski definition) is 1. The van der Waals surface area contributed by atoms with Gasteiger partial charge in [-0.25, -0.2) is 0 Å². The topological polar surface area (TPSA) is 65.5 Å². The first kappa shape index (κ1) is 16.3. The smallest absolute Gasteiger partial charge is 0.272 e. The zero-order chi connectivity index (χ0) is 16.1. The van der Waals surface area contributed by atoms with E-state index in [1.54, 1.807) is 29.0 Å². The SMILES string of the molecule is CC(=O)N1CCN(C(=O)c2cc(NCC(C)C)ccn2)CC1. The van der Waals surface area contributed by atoms with Gasteiger partial charge in [0.1, 0.15) is 5.69 Å². The lowest BCUT2D eigenvalue weighted by Gasteiger charge is -2.34. The molecular formula is C16H24N4O2. The van der Waals surface area contributed by atoms with Gasteiger partial charge in [-0.05, 0) is 18.1 Å². The summed E-state index contributed by atoms with van der Waals surface area (Å²) in [6, 6.07) is 3.66. The van der Waals surface area contributed by atoms with Gasteiger partial charge in [0.2, 0.25) is 5.91 Å². The fourth-order valence-corrected chi connectivity index (χ4v) is 2.37. The van der Waals surface area contributed by atoms with Gasteiger partial charge >= 0.3 is 0 Å². The van der Waals surface area contributed by atoms with Gasteiger partial charge in [0.05, 0.1) is 0 Å². The van der Waals surface area contributed by atoms with Crippen LogP contribution in [0.3, 0.4) is 0 Å². The van der Waals surface area contributed by atoms with E-state index in [1.807, 2.05) is 6.07 Å². The second kappa shape index (κ2) is 7.24. The molecule has 0 radical (unpaired) electrons. The molecule has 1 aliphatic heterocycles. The van der Waals surface area contributed by atoms with E-state index in [4.69, 9.17) is 0 Å². The number of rotatable bonds is 4. The second-order valence-electron chi connectivity index (χ2n) is 6.00. The Morgan fingerprint density at radius 2 is 1.86 bits per heavy atom. The van der Waals surface area contributed by atoms with E-state index in [-0.39, 0.29) is 11.8 Å². The van der Waals surface area contributed by atoms with E-state index >= 15 is 0 Å². The molecule has 0 spiro atoms. The van der Waals surface area contributed by atoms with Crippen LogP contribution in [0.15, 0.2) is 18.3 Å². The Hall–Kier alpha value is -2.11. The number of carbonyl (C=O) groups excluding carboxylic acids is 2. The molecule has 2 amide bonds. The van der Waals surface area contributed by atoms with E-state index in [0.29, 0.717) is 37.8 Å². The Kier molecular flexibility index (Phi) is 5.35. The van der Waals surface area contributed by atoms with Crippen LogP contribution in [0.5, 0.6) is 0 Å². The maximum Gasteiger partial charge on any atom is 0.272 e.